The average Bonchev–Trinajstić information content (AvgIpc) is 3.19. The lowest BCUT2D eigenvalue weighted by Gasteiger charge is -2.14. The Balaban J connectivity index is 1.73. The maximum Gasteiger partial charge on any atom is 0.0821 e. The molecule has 0 bridgehead atoms. The fourth-order valence-electron chi connectivity index (χ4n) is 3.12. The largest absolute Gasteiger partial charge is 0.344 e. The van der Waals surface area contributed by atoms with Crippen LogP contribution in [0.15, 0.2) is 30.6 Å². The van der Waals surface area contributed by atoms with Crippen molar-refractivity contribution in [3.63, 3.8) is 0 Å². The zero-order valence-corrected chi connectivity index (χ0v) is 12.4. The zero-order chi connectivity index (χ0) is 13.9. The minimum atomic E-state index is 0.363. The van der Waals surface area contributed by atoms with Gasteiger partial charge in [-0.15, -0.1) is 0 Å². The van der Waals surface area contributed by atoms with Gasteiger partial charge in [-0.1, -0.05) is 12.8 Å². The topological polar surface area (TPSA) is 34.8 Å². The van der Waals surface area contributed by atoms with Gasteiger partial charge in [0.05, 0.1) is 18.3 Å². The van der Waals surface area contributed by atoms with Crippen molar-refractivity contribution < 1.29 is 0 Å². The third-order valence-corrected chi connectivity index (χ3v) is 4.44. The molecule has 4 nitrogen and oxygen atoms in total. The van der Waals surface area contributed by atoms with Crippen LogP contribution in [0.3, 0.4) is 0 Å². The standard InChI is InChI=1S/C16H24N4/c1-13(17-2)16-8-5-10-19(16)12-14-9-11-20(18-14)15-6-3-4-7-15/h5,8-11,13,15,17H,3-4,6-7,12H2,1-2H3. The average molecular weight is 272 g/mol. The van der Waals surface area contributed by atoms with Gasteiger partial charge in [0.1, 0.15) is 0 Å². The molecule has 2 aromatic rings. The first-order chi connectivity index (χ1) is 9.78. The molecule has 1 atom stereocenters. The minimum absolute atomic E-state index is 0.363. The van der Waals surface area contributed by atoms with Gasteiger partial charge in [0.2, 0.25) is 0 Å². The molecule has 0 amide bonds. The predicted octanol–water partition coefficient (Wildman–Crippen LogP) is 3.13. The Bertz CT molecular complexity index is 548. The highest BCUT2D eigenvalue weighted by Gasteiger charge is 2.17. The van der Waals surface area contributed by atoms with E-state index in [-0.39, 0.29) is 0 Å². The van der Waals surface area contributed by atoms with E-state index in [9.17, 15) is 0 Å². The number of hydrogen-bond donors (Lipinski definition) is 1. The van der Waals surface area contributed by atoms with Gasteiger partial charge >= 0.3 is 0 Å². The van der Waals surface area contributed by atoms with Crippen molar-refractivity contribution in [2.45, 2.75) is 51.2 Å². The molecule has 20 heavy (non-hydrogen) atoms. The molecule has 2 heterocycles. The molecule has 1 fully saturated rings. The van der Waals surface area contributed by atoms with Crippen LogP contribution >= 0.6 is 0 Å². The first kappa shape index (κ1) is 13.4. The van der Waals surface area contributed by atoms with E-state index in [1.165, 1.54) is 31.4 Å². The number of nitrogens with one attached hydrogen (secondary N) is 1. The molecule has 0 aromatic carbocycles. The second-order valence-electron chi connectivity index (χ2n) is 5.80. The lowest BCUT2D eigenvalue weighted by molar-refractivity contribution is 0.461. The van der Waals surface area contributed by atoms with E-state index in [0.717, 1.165) is 12.2 Å². The molecule has 3 rings (SSSR count). The summed E-state index contributed by atoms with van der Waals surface area (Å²) in [6.45, 7) is 3.04. The van der Waals surface area contributed by atoms with Crippen LogP contribution in [0.2, 0.25) is 0 Å². The summed E-state index contributed by atoms with van der Waals surface area (Å²) in [4.78, 5) is 0. The molecule has 0 saturated heterocycles. The van der Waals surface area contributed by atoms with Gasteiger partial charge in [0.25, 0.3) is 0 Å². The first-order valence-electron chi connectivity index (χ1n) is 7.64. The third kappa shape index (κ3) is 2.66. The van der Waals surface area contributed by atoms with Crippen molar-refractivity contribution in [1.29, 1.82) is 0 Å². The predicted molar refractivity (Wildman–Crippen MR) is 80.7 cm³/mol. The van der Waals surface area contributed by atoms with Crippen LogP contribution in [0.5, 0.6) is 0 Å². The Kier molecular flexibility index (Phi) is 3.92. The fourth-order valence-corrected chi connectivity index (χ4v) is 3.12. The van der Waals surface area contributed by atoms with Gasteiger partial charge in [-0.05, 0) is 45.0 Å². The summed E-state index contributed by atoms with van der Waals surface area (Å²) in [5, 5.41) is 8.07. The number of aromatic nitrogens is 3. The Labute approximate surface area is 120 Å². The summed E-state index contributed by atoms with van der Waals surface area (Å²) in [6.07, 6.45) is 9.55. The van der Waals surface area contributed by atoms with Gasteiger partial charge in [-0.3, -0.25) is 4.68 Å². The molecule has 1 unspecified atom stereocenters. The monoisotopic (exact) mass is 272 g/mol. The van der Waals surface area contributed by atoms with Crippen LogP contribution in [0.25, 0.3) is 0 Å². The van der Waals surface area contributed by atoms with Crippen LogP contribution in [0.1, 0.15) is 56.1 Å². The van der Waals surface area contributed by atoms with Gasteiger partial charge in [0, 0.05) is 24.1 Å². The maximum atomic E-state index is 4.77. The molecule has 1 aliphatic rings. The SMILES string of the molecule is CNC(C)c1cccn1Cc1ccn(C2CCCC2)n1. The summed E-state index contributed by atoms with van der Waals surface area (Å²) in [6, 6.07) is 7.43. The van der Waals surface area contributed by atoms with Gasteiger partial charge in [-0.25, -0.2) is 0 Å². The summed E-state index contributed by atoms with van der Waals surface area (Å²) in [5.41, 5.74) is 2.46. The Morgan fingerprint density at radius 1 is 1.30 bits per heavy atom. The Hall–Kier alpha value is -1.55. The Morgan fingerprint density at radius 3 is 2.85 bits per heavy atom. The van der Waals surface area contributed by atoms with Crippen molar-refractivity contribution in [3.05, 3.63) is 42.0 Å². The highest BCUT2D eigenvalue weighted by molar-refractivity contribution is 5.14. The van der Waals surface area contributed by atoms with E-state index >= 15 is 0 Å². The second-order valence-corrected chi connectivity index (χ2v) is 5.80. The third-order valence-electron chi connectivity index (χ3n) is 4.44. The highest BCUT2D eigenvalue weighted by Crippen LogP contribution is 2.28. The number of hydrogen-bond acceptors (Lipinski definition) is 2. The molecule has 1 aliphatic carbocycles. The van der Waals surface area contributed by atoms with Crippen molar-refractivity contribution in [1.82, 2.24) is 19.7 Å². The maximum absolute atomic E-state index is 4.77. The van der Waals surface area contributed by atoms with Crippen molar-refractivity contribution >= 4 is 0 Å². The van der Waals surface area contributed by atoms with Crippen LogP contribution in [0, 0.1) is 0 Å². The lowest BCUT2D eigenvalue weighted by atomic mass is 10.2. The van der Waals surface area contributed by atoms with Crippen LogP contribution < -0.4 is 5.32 Å². The molecular formula is C16H24N4. The number of rotatable bonds is 5. The van der Waals surface area contributed by atoms with Crippen molar-refractivity contribution in [3.8, 4) is 0 Å². The fraction of sp³-hybridized carbons (Fsp3) is 0.562. The molecule has 1 N–H and O–H groups in total. The molecule has 0 aliphatic heterocycles. The van der Waals surface area contributed by atoms with Crippen LogP contribution in [-0.4, -0.2) is 21.4 Å². The molecule has 0 radical (unpaired) electrons. The van der Waals surface area contributed by atoms with Gasteiger partial charge in [0.15, 0.2) is 0 Å². The van der Waals surface area contributed by atoms with Gasteiger partial charge in [-0.2, -0.15) is 5.10 Å². The minimum Gasteiger partial charge on any atom is -0.344 e. The highest BCUT2D eigenvalue weighted by atomic mass is 15.3. The lowest BCUT2D eigenvalue weighted by Crippen LogP contribution is -2.17. The summed E-state index contributed by atoms with van der Waals surface area (Å²) in [7, 11) is 2.00. The van der Waals surface area contributed by atoms with Crippen LogP contribution in [-0.2, 0) is 6.54 Å². The Morgan fingerprint density at radius 2 is 2.10 bits per heavy atom. The number of nitrogens with zero attached hydrogens (tertiary/aromatic N) is 3. The molecule has 108 valence electrons. The van der Waals surface area contributed by atoms with E-state index in [0.29, 0.717) is 12.1 Å². The van der Waals surface area contributed by atoms with E-state index < -0.39 is 0 Å². The molecule has 1 saturated carbocycles. The smallest absolute Gasteiger partial charge is 0.0821 e. The van der Waals surface area contributed by atoms with E-state index in [2.05, 4.69) is 52.1 Å². The molecule has 0 spiro atoms. The van der Waals surface area contributed by atoms with E-state index in [4.69, 9.17) is 5.10 Å². The van der Waals surface area contributed by atoms with E-state index in [1.54, 1.807) is 0 Å². The molecule has 4 heteroatoms. The summed E-state index contributed by atoms with van der Waals surface area (Å²) >= 11 is 0. The molecule has 2 aromatic heterocycles. The summed E-state index contributed by atoms with van der Waals surface area (Å²) in [5.74, 6) is 0. The van der Waals surface area contributed by atoms with Crippen molar-refractivity contribution in [2.24, 2.45) is 0 Å². The van der Waals surface area contributed by atoms with Crippen molar-refractivity contribution in [2.75, 3.05) is 7.05 Å². The zero-order valence-electron chi connectivity index (χ0n) is 12.4. The van der Waals surface area contributed by atoms with E-state index in [1.807, 2.05) is 7.05 Å². The normalized spacial score (nSPS) is 17.7. The molecular weight excluding hydrogens is 248 g/mol. The first-order valence-corrected chi connectivity index (χ1v) is 7.64. The van der Waals surface area contributed by atoms with Gasteiger partial charge < -0.3 is 9.88 Å². The summed E-state index contributed by atoms with van der Waals surface area (Å²) < 4.78 is 4.45. The quantitative estimate of drug-likeness (QED) is 0.907. The van der Waals surface area contributed by atoms with Crippen LogP contribution in [0.4, 0.5) is 0 Å². The second kappa shape index (κ2) is 5.83.